The van der Waals surface area contributed by atoms with Crippen molar-refractivity contribution in [2.24, 2.45) is 5.41 Å². The maximum absolute atomic E-state index is 4.00. The lowest BCUT2D eigenvalue weighted by Gasteiger charge is -2.30. The van der Waals surface area contributed by atoms with Gasteiger partial charge in [-0.3, -0.25) is 0 Å². The molecule has 1 atom stereocenters. The maximum atomic E-state index is 4.00. The highest BCUT2D eigenvalue weighted by molar-refractivity contribution is 7.42. The van der Waals surface area contributed by atoms with E-state index in [0.717, 1.165) is 23.2 Å². The first-order valence-corrected chi connectivity index (χ1v) is 12.8. The molecule has 0 heterocycles. The van der Waals surface area contributed by atoms with Crippen LogP contribution in [0.3, 0.4) is 0 Å². The zero-order valence-electron chi connectivity index (χ0n) is 18.6. The van der Waals surface area contributed by atoms with Gasteiger partial charge in [0.15, 0.2) is 0 Å². The van der Waals surface area contributed by atoms with Gasteiger partial charge in [0.05, 0.1) is 0 Å². The van der Waals surface area contributed by atoms with E-state index in [1.54, 1.807) is 0 Å². The molecule has 2 aliphatic carbocycles. The summed E-state index contributed by atoms with van der Waals surface area (Å²) in [5.74, 6) is 0. The summed E-state index contributed by atoms with van der Waals surface area (Å²) in [6, 6.07) is 0. The van der Waals surface area contributed by atoms with Crippen molar-refractivity contribution >= 4 is 23.1 Å². The van der Waals surface area contributed by atoms with E-state index in [2.05, 4.69) is 52.8 Å². The maximum Gasteiger partial charge on any atom is 0.0115 e. The van der Waals surface area contributed by atoms with E-state index in [-0.39, 0.29) is 5.41 Å². The summed E-state index contributed by atoms with van der Waals surface area (Å²) in [5.41, 5.74) is 3.18. The zero-order valence-corrected chi connectivity index (χ0v) is 20.4. The van der Waals surface area contributed by atoms with Crippen LogP contribution in [0.4, 0.5) is 0 Å². The van der Waals surface area contributed by atoms with E-state index >= 15 is 0 Å². The molecule has 0 aromatic carbocycles. The van der Waals surface area contributed by atoms with Gasteiger partial charge in [0.25, 0.3) is 0 Å². The van der Waals surface area contributed by atoms with Crippen molar-refractivity contribution in [1.29, 1.82) is 0 Å². The van der Waals surface area contributed by atoms with E-state index in [0.29, 0.717) is 0 Å². The van der Waals surface area contributed by atoms with Crippen LogP contribution in [0.15, 0.2) is 33.9 Å². The first kappa shape index (κ1) is 27.0. The van der Waals surface area contributed by atoms with Crippen LogP contribution in [0.2, 0.25) is 0 Å². The minimum Gasteiger partial charge on any atom is -0.0984 e. The normalized spacial score (nSPS) is 17.5. The molecule has 1 saturated carbocycles. The topological polar surface area (TPSA) is 0 Å². The van der Waals surface area contributed by atoms with Crippen molar-refractivity contribution in [2.45, 2.75) is 93.9 Å². The third-order valence-electron chi connectivity index (χ3n) is 4.88. The largest absolute Gasteiger partial charge is 0.0984 e. The van der Waals surface area contributed by atoms with Crippen LogP contribution in [0.25, 0.3) is 0 Å². The fourth-order valence-electron chi connectivity index (χ4n) is 2.97. The molecule has 1 fully saturated rings. The molecule has 1 unspecified atom stereocenters. The molecule has 0 amide bonds. The first-order valence-electron chi connectivity index (χ1n) is 10.2. The molecule has 0 aromatic heterocycles. The molecule has 2 aliphatic rings. The van der Waals surface area contributed by atoms with Gasteiger partial charge in [-0.2, -0.15) is 0 Å². The molecule has 146 valence electrons. The molecule has 25 heavy (non-hydrogen) atoms. The van der Waals surface area contributed by atoms with Gasteiger partial charge in [0.1, 0.15) is 0 Å². The van der Waals surface area contributed by atoms with Crippen LogP contribution in [0, 0.1) is 5.41 Å². The molecular weight excluding hydrogens is 338 g/mol. The summed E-state index contributed by atoms with van der Waals surface area (Å²) in [6.45, 7) is 19.5. The molecule has 0 nitrogen and oxygen atoms in total. The standard InChI is InChI=1S/C14H22P2.C5H10.2C2H6/c1-10(11(2)15-5)14(3,4)12-8-7-9-13(12)16-6;1-2-4-5-3-1;2*1-2/h8-9,15H,6-7H2,1-5H3;1-5H2;2*1-2H3/b11-10-;;;. The molecule has 0 aromatic rings. The SMILES string of the molecule is C1CCCC1.C=PC1=CCC=C1C(C)(C)/C(C)=C(/C)PC.CC.CC. The minimum absolute atomic E-state index is 0.167. The molecule has 0 spiro atoms. The van der Waals surface area contributed by atoms with Crippen LogP contribution in [-0.2, 0) is 0 Å². The smallest absolute Gasteiger partial charge is 0.0115 e. The monoisotopic (exact) mass is 382 g/mol. The van der Waals surface area contributed by atoms with E-state index in [1.165, 1.54) is 53.9 Å². The van der Waals surface area contributed by atoms with Gasteiger partial charge in [-0.15, -0.1) is 0 Å². The Morgan fingerprint density at radius 3 is 1.76 bits per heavy atom. The van der Waals surface area contributed by atoms with Crippen molar-refractivity contribution in [3.63, 3.8) is 0 Å². The fourth-order valence-corrected chi connectivity index (χ4v) is 4.43. The molecule has 0 bridgehead atoms. The van der Waals surface area contributed by atoms with Crippen LogP contribution in [-0.4, -0.2) is 13.0 Å². The Bertz CT molecular complexity index is 439. The van der Waals surface area contributed by atoms with Gasteiger partial charge in [-0.05, 0) is 32.5 Å². The fraction of sp³-hybridized carbons (Fsp3) is 0.696. The highest BCUT2D eigenvalue weighted by Gasteiger charge is 2.29. The third kappa shape index (κ3) is 9.35. The minimum atomic E-state index is 0.167. The van der Waals surface area contributed by atoms with Gasteiger partial charge in [-0.1, -0.05) is 120 Å². The molecule has 2 heteroatoms. The Labute approximate surface area is 163 Å². The highest BCUT2D eigenvalue weighted by Crippen LogP contribution is 2.46. The second-order valence-electron chi connectivity index (χ2n) is 6.49. The van der Waals surface area contributed by atoms with Gasteiger partial charge < -0.3 is 0 Å². The summed E-state index contributed by atoms with van der Waals surface area (Å²) in [6.07, 6.45) is 17.3. The van der Waals surface area contributed by atoms with Gasteiger partial charge in [-0.25, -0.2) is 0 Å². The molecular formula is C23H44P2. The van der Waals surface area contributed by atoms with E-state index in [9.17, 15) is 0 Å². The summed E-state index contributed by atoms with van der Waals surface area (Å²) in [5, 5.41) is 2.95. The highest BCUT2D eigenvalue weighted by atomic mass is 31.1. The van der Waals surface area contributed by atoms with E-state index < -0.39 is 0 Å². The number of allylic oxidation sites excluding steroid dienone is 6. The summed E-state index contributed by atoms with van der Waals surface area (Å²) >= 11 is 0. The predicted octanol–water partition coefficient (Wildman–Crippen LogP) is 9.21. The Morgan fingerprint density at radius 2 is 1.40 bits per heavy atom. The Balaban J connectivity index is 0. The second-order valence-corrected chi connectivity index (χ2v) is 8.54. The summed E-state index contributed by atoms with van der Waals surface area (Å²) in [7, 11) is 2.06. The van der Waals surface area contributed by atoms with Crippen molar-refractivity contribution in [3.8, 4) is 0 Å². The van der Waals surface area contributed by atoms with Crippen LogP contribution in [0.5, 0.6) is 0 Å². The van der Waals surface area contributed by atoms with Crippen molar-refractivity contribution in [2.75, 3.05) is 6.66 Å². The lowest BCUT2D eigenvalue weighted by atomic mass is 9.78. The number of rotatable bonds is 4. The van der Waals surface area contributed by atoms with Gasteiger partial charge >= 0.3 is 0 Å². The van der Waals surface area contributed by atoms with E-state index in [1.807, 2.05) is 27.7 Å². The second kappa shape index (κ2) is 16.0. The Hall–Kier alpha value is -0.180. The Kier molecular flexibility index (Phi) is 17.3. The summed E-state index contributed by atoms with van der Waals surface area (Å²) in [4.78, 5) is 0. The average Bonchev–Trinajstić information content (AvgIpc) is 3.37. The van der Waals surface area contributed by atoms with Gasteiger partial charge in [0.2, 0.25) is 0 Å². The van der Waals surface area contributed by atoms with E-state index in [4.69, 9.17) is 0 Å². The van der Waals surface area contributed by atoms with Crippen molar-refractivity contribution in [3.05, 3.63) is 33.9 Å². The zero-order chi connectivity index (χ0) is 19.9. The van der Waals surface area contributed by atoms with Crippen molar-refractivity contribution < 1.29 is 0 Å². The Morgan fingerprint density at radius 1 is 0.960 bits per heavy atom. The lowest BCUT2D eigenvalue weighted by molar-refractivity contribution is 0.548. The van der Waals surface area contributed by atoms with Crippen LogP contribution >= 0.6 is 16.8 Å². The van der Waals surface area contributed by atoms with Crippen LogP contribution < -0.4 is 0 Å². The van der Waals surface area contributed by atoms with Crippen molar-refractivity contribution in [1.82, 2.24) is 0 Å². The first-order chi connectivity index (χ1) is 11.9. The average molecular weight is 383 g/mol. The third-order valence-corrected chi connectivity index (χ3v) is 6.77. The predicted molar refractivity (Wildman–Crippen MR) is 127 cm³/mol. The molecule has 0 saturated heterocycles. The molecule has 2 rings (SSSR count). The number of hydrogen-bond acceptors (Lipinski definition) is 0. The molecule has 0 N–H and O–H groups in total. The lowest BCUT2D eigenvalue weighted by Crippen LogP contribution is -2.17. The quantitative estimate of drug-likeness (QED) is 0.425. The number of hydrogen-bond donors (Lipinski definition) is 0. The van der Waals surface area contributed by atoms with Gasteiger partial charge in [0, 0.05) is 10.7 Å². The van der Waals surface area contributed by atoms with Crippen LogP contribution in [0.1, 0.15) is 93.9 Å². The summed E-state index contributed by atoms with van der Waals surface area (Å²) < 4.78 is 0. The molecule has 0 aliphatic heterocycles. The molecule has 0 radical (unpaired) electrons.